The normalized spacial score (nSPS) is 21.6. The molecule has 108 valence electrons. The van der Waals surface area contributed by atoms with Crippen LogP contribution in [0.5, 0.6) is 0 Å². The van der Waals surface area contributed by atoms with E-state index in [4.69, 9.17) is 9.84 Å². The summed E-state index contributed by atoms with van der Waals surface area (Å²) in [5, 5.41) is 8.85. The summed E-state index contributed by atoms with van der Waals surface area (Å²) in [6.45, 7) is 0.598. The first-order chi connectivity index (χ1) is 9.58. The maximum atomic E-state index is 12.1. The lowest BCUT2D eigenvalue weighted by molar-refractivity contribution is -0.154. The van der Waals surface area contributed by atoms with E-state index in [1.54, 1.807) is 11.9 Å². The molecule has 1 aliphatic heterocycles. The van der Waals surface area contributed by atoms with Gasteiger partial charge in [0.2, 0.25) is 0 Å². The van der Waals surface area contributed by atoms with Crippen LogP contribution < -0.4 is 0 Å². The summed E-state index contributed by atoms with van der Waals surface area (Å²) in [6.07, 6.45) is 0.199. The number of nitrogens with zero attached hydrogens (tertiary/aromatic N) is 1. The minimum absolute atomic E-state index is 0.135. The number of carboxylic acid groups (broad SMARTS) is 1. The quantitative estimate of drug-likeness (QED) is 0.881. The van der Waals surface area contributed by atoms with Gasteiger partial charge in [0.05, 0.1) is 0 Å². The largest absolute Gasteiger partial charge is 0.479 e. The number of likely N-dealkylation sites (N-methyl/N-ethyl adjacent to an activating group) is 1. The molecule has 1 fully saturated rings. The van der Waals surface area contributed by atoms with Gasteiger partial charge in [0.1, 0.15) is 6.10 Å². The van der Waals surface area contributed by atoms with Gasteiger partial charge in [0.15, 0.2) is 6.10 Å². The maximum absolute atomic E-state index is 12.1. The lowest BCUT2D eigenvalue weighted by Crippen LogP contribution is -2.38. The minimum Gasteiger partial charge on any atom is -0.479 e. The summed E-state index contributed by atoms with van der Waals surface area (Å²) < 4.78 is 5.27. The molecule has 2 atom stereocenters. The second-order valence-corrected chi connectivity index (χ2v) is 5.02. The smallest absolute Gasteiger partial charge is 0.332 e. The van der Waals surface area contributed by atoms with Crippen LogP contribution >= 0.6 is 0 Å². The summed E-state index contributed by atoms with van der Waals surface area (Å²) in [5.74, 6) is -1.13. The molecule has 0 spiro atoms. The molecule has 0 saturated carbocycles. The van der Waals surface area contributed by atoms with E-state index in [9.17, 15) is 9.59 Å². The van der Waals surface area contributed by atoms with Crippen LogP contribution in [-0.4, -0.2) is 47.7 Å². The minimum atomic E-state index is -0.993. The first-order valence-corrected chi connectivity index (χ1v) is 6.75. The van der Waals surface area contributed by atoms with Gasteiger partial charge in [-0.1, -0.05) is 30.3 Å². The number of rotatable bonds is 5. The number of ether oxygens (including phenoxy) is 1. The van der Waals surface area contributed by atoms with Gasteiger partial charge in [0, 0.05) is 13.6 Å². The molecule has 1 heterocycles. The summed E-state index contributed by atoms with van der Waals surface area (Å²) in [5.41, 5.74) is 1.17. The lowest BCUT2D eigenvalue weighted by Gasteiger charge is -2.21. The fraction of sp³-hybridized carbons (Fsp3) is 0.467. The summed E-state index contributed by atoms with van der Waals surface area (Å²) in [4.78, 5) is 24.6. The highest BCUT2D eigenvalue weighted by molar-refractivity contribution is 5.82. The van der Waals surface area contributed by atoms with Gasteiger partial charge in [0.25, 0.3) is 5.91 Å². The van der Waals surface area contributed by atoms with Gasteiger partial charge in [-0.15, -0.1) is 0 Å². The van der Waals surface area contributed by atoms with Crippen molar-refractivity contribution in [2.24, 2.45) is 0 Å². The number of carbonyl (C=O) groups excluding carboxylic acids is 1. The highest BCUT2D eigenvalue weighted by Crippen LogP contribution is 2.21. The van der Waals surface area contributed by atoms with E-state index in [1.165, 1.54) is 5.56 Å². The van der Waals surface area contributed by atoms with Gasteiger partial charge < -0.3 is 14.7 Å². The Kier molecular flexibility index (Phi) is 4.74. The lowest BCUT2D eigenvalue weighted by atomic mass is 10.1. The van der Waals surface area contributed by atoms with E-state index in [0.717, 1.165) is 6.42 Å². The molecule has 0 aliphatic carbocycles. The van der Waals surface area contributed by atoms with Crippen molar-refractivity contribution >= 4 is 11.9 Å². The average Bonchev–Trinajstić information content (AvgIpc) is 2.95. The van der Waals surface area contributed by atoms with Crippen molar-refractivity contribution < 1.29 is 19.4 Å². The molecule has 0 unspecified atom stereocenters. The average molecular weight is 277 g/mol. The van der Waals surface area contributed by atoms with E-state index in [-0.39, 0.29) is 5.91 Å². The van der Waals surface area contributed by atoms with Crippen LogP contribution in [0.25, 0.3) is 0 Å². The van der Waals surface area contributed by atoms with Gasteiger partial charge >= 0.3 is 5.97 Å². The highest BCUT2D eigenvalue weighted by Gasteiger charge is 2.35. The number of amides is 1. The molecule has 1 aliphatic rings. The number of benzene rings is 1. The van der Waals surface area contributed by atoms with Gasteiger partial charge in [-0.2, -0.15) is 0 Å². The topological polar surface area (TPSA) is 66.8 Å². The first-order valence-electron chi connectivity index (χ1n) is 6.75. The number of carbonyl (C=O) groups is 2. The fourth-order valence-electron chi connectivity index (χ4n) is 2.30. The molecule has 0 aromatic heterocycles. The van der Waals surface area contributed by atoms with Crippen molar-refractivity contribution in [1.29, 1.82) is 0 Å². The van der Waals surface area contributed by atoms with Crippen molar-refractivity contribution in [2.75, 3.05) is 13.6 Å². The van der Waals surface area contributed by atoms with Crippen molar-refractivity contribution in [1.82, 2.24) is 4.90 Å². The molecule has 5 nitrogen and oxygen atoms in total. The zero-order chi connectivity index (χ0) is 14.5. The standard InChI is InChI=1S/C15H19NO4/c1-16(10-9-11-5-3-2-4-6-11)14(17)12-7-8-13(20-12)15(18)19/h2-6,12-13H,7-10H2,1H3,(H,18,19)/t12-,13+/m0/s1. The third kappa shape index (κ3) is 3.57. The van der Waals surface area contributed by atoms with E-state index < -0.39 is 18.2 Å². The number of carboxylic acids is 1. The number of hydrogen-bond acceptors (Lipinski definition) is 3. The Morgan fingerprint density at radius 1 is 1.25 bits per heavy atom. The zero-order valence-corrected chi connectivity index (χ0v) is 11.5. The second kappa shape index (κ2) is 6.52. The van der Waals surface area contributed by atoms with E-state index in [2.05, 4.69) is 0 Å². The van der Waals surface area contributed by atoms with E-state index >= 15 is 0 Å². The maximum Gasteiger partial charge on any atom is 0.332 e. The molecule has 1 aromatic rings. The molecule has 0 bridgehead atoms. The monoisotopic (exact) mass is 277 g/mol. The molecule has 1 saturated heterocycles. The molecule has 1 amide bonds. The third-order valence-corrected chi connectivity index (χ3v) is 3.53. The van der Waals surface area contributed by atoms with Gasteiger partial charge in [-0.05, 0) is 24.8 Å². The Morgan fingerprint density at radius 2 is 1.90 bits per heavy atom. The van der Waals surface area contributed by atoms with Crippen LogP contribution in [0.3, 0.4) is 0 Å². The molecule has 2 rings (SSSR count). The summed E-state index contributed by atoms with van der Waals surface area (Å²) in [7, 11) is 1.72. The molecule has 20 heavy (non-hydrogen) atoms. The van der Waals surface area contributed by atoms with Gasteiger partial charge in [-0.25, -0.2) is 4.79 Å². The Bertz CT molecular complexity index is 474. The Balaban J connectivity index is 1.82. The van der Waals surface area contributed by atoms with Crippen LogP contribution in [0.4, 0.5) is 0 Å². The van der Waals surface area contributed by atoms with Crippen LogP contribution in [0.2, 0.25) is 0 Å². The summed E-state index contributed by atoms with van der Waals surface area (Å²) in [6, 6.07) is 9.93. The van der Waals surface area contributed by atoms with Crippen molar-refractivity contribution in [3.05, 3.63) is 35.9 Å². The predicted octanol–water partition coefficient (Wildman–Crippen LogP) is 1.32. The molecule has 1 aromatic carbocycles. The second-order valence-electron chi connectivity index (χ2n) is 5.02. The fourth-order valence-corrected chi connectivity index (χ4v) is 2.30. The SMILES string of the molecule is CN(CCc1ccccc1)C(=O)[C@@H]1CC[C@H](C(=O)O)O1. The van der Waals surface area contributed by atoms with Crippen molar-refractivity contribution in [2.45, 2.75) is 31.5 Å². The Morgan fingerprint density at radius 3 is 2.50 bits per heavy atom. The molecular weight excluding hydrogens is 258 g/mol. The van der Waals surface area contributed by atoms with Gasteiger partial charge in [-0.3, -0.25) is 4.79 Å². The van der Waals surface area contributed by atoms with E-state index in [1.807, 2.05) is 30.3 Å². The first kappa shape index (κ1) is 14.5. The zero-order valence-electron chi connectivity index (χ0n) is 11.5. The van der Waals surface area contributed by atoms with E-state index in [0.29, 0.717) is 19.4 Å². The molecule has 0 radical (unpaired) electrons. The molecular formula is C15H19NO4. The van der Waals surface area contributed by atoms with Crippen LogP contribution in [0.1, 0.15) is 18.4 Å². The highest BCUT2D eigenvalue weighted by atomic mass is 16.5. The Labute approximate surface area is 118 Å². The van der Waals surface area contributed by atoms with Crippen molar-refractivity contribution in [3.63, 3.8) is 0 Å². The summed E-state index contributed by atoms with van der Waals surface area (Å²) >= 11 is 0. The number of aliphatic carboxylic acids is 1. The predicted molar refractivity (Wildman–Crippen MR) is 73.3 cm³/mol. The van der Waals surface area contributed by atoms with Crippen LogP contribution in [0.15, 0.2) is 30.3 Å². The molecule has 1 N–H and O–H groups in total. The van der Waals surface area contributed by atoms with Crippen LogP contribution in [0, 0.1) is 0 Å². The van der Waals surface area contributed by atoms with Crippen LogP contribution in [-0.2, 0) is 20.7 Å². The Hall–Kier alpha value is -1.88. The number of hydrogen-bond donors (Lipinski definition) is 1. The third-order valence-electron chi connectivity index (χ3n) is 3.53. The van der Waals surface area contributed by atoms with Crippen molar-refractivity contribution in [3.8, 4) is 0 Å². The molecule has 5 heteroatoms.